The van der Waals surface area contributed by atoms with E-state index in [0.29, 0.717) is 53.4 Å². The van der Waals surface area contributed by atoms with Gasteiger partial charge in [0.25, 0.3) is 11.5 Å². The lowest BCUT2D eigenvalue weighted by molar-refractivity contribution is 0.0705. The molecule has 5 rings (SSSR count). The number of benzene rings is 1. The lowest BCUT2D eigenvalue weighted by Crippen LogP contribution is -2.53. The molecule has 1 atom stereocenters. The molecule has 1 unspecified atom stereocenters. The van der Waals surface area contributed by atoms with Crippen molar-refractivity contribution in [3.63, 3.8) is 0 Å². The van der Waals surface area contributed by atoms with Crippen molar-refractivity contribution in [3.05, 3.63) is 81.3 Å². The largest absolute Gasteiger partial charge is 0.336 e. The number of hydrogen-bond acceptors (Lipinski definition) is 6. The van der Waals surface area contributed by atoms with Crippen molar-refractivity contribution in [2.45, 2.75) is 12.5 Å². The monoisotopic (exact) mass is 449 g/mol. The molecule has 4 aromatic rings. The minimum Gasteiger partial charge on any atom is -0.336 e. The predicted octanol–water partition coefficient (Wildman–Crippen LogP) is 2.84. The van der Waals surface area contributed by atoms with Crippen LogP contribution in [-0.4, -0.2) is 51.4 Å². The number of amides is 1. The summed E-state index contributed by atoms with van der Waals surface area (Å²) >= 11 is 1.22. The van der Waals surface area contributed by atoms with E-state index in [0.717, 1.165) is 5.56 Å². The minimum atomic E-state index is -0.283. The lowest BCUT2D eigenvalue weighted by Gasteiger charge is -2.33. The number of carbonyl (C=O) groups excluding carboxylic acids is 1. The van der Waals surface area contributed by atoms with Crippen molar-refractivity contribution in [1.82, 2.24) is 25.2 Å². The molecule has 1 aliphatic heterocycles. The van der Waals surface area contributed by atoms with Crippen LogP contribution in [0.3, 0.4) is 0 Å². The number of aromatic nitrogens is 3. The van der Waals surface area contributed by atoms with Crippen LogP contribution < -0.4 is 10.9 Å². The summed E-state index contributed by atoms with van der Waals surface area (Å²) in [5.74, 6) is -0.0731. The molecule has 4 heterocycles. The first-order chi connectivity index (χ1) is 15.6. The molecule has 32 heavy (non-hydrogen) atoms. The maximum Gasteiger partial charge on any atom is 0.269 e. The molecule has 162 valence electrons. The molecule has 9 heteroatoms. The Morgan fingerprint density at radius 2 is 2.06 bits per heavy atom. The van der Waals surface area contributed by atoms with E-state index >= 15 is 0 Å². The summed E-state index contributed by atoms with van der Waals surface area (Å²) < 4.78 is 13.6. The van der Waals surface area contributed by atoms with E-state index in [2.05, 4.69) is 20.3 Å². The van der Waals surface area contributed by atoms with Crippen molar-refractivity contribution >= 4 is 27.5 Å². The number of fused-ring (bicyclic) bond motifs is 1. The van der Waals surface area contributed by atoms with Crippen LogP contribution in [-0.2, 0) is 6.42 Å². The molecule has 1 amide bonds. The standard InChI is InChI=1S/C23H20FN5O2S/c24-15-6-4-14(5-7-15)11-16-12-29(10-9-25-16)23(31)17-13-32-20-19(17)27-21(28-22(20)30)18-3-1-2-8-26-18/h1-8,13,16,25H,9-12H2,(H,27,28,30). The summed E-state index contributed by atoms with van der Waals surface area (Å²) in [7, 11) is 0. The van der Waals surface area contributed by atoms with Crippen LogP contribution in [0.5, 0.6) is 0 Å². The maximum atomic E-state index is 13.4. The zero-order chi connectivity index (χ0) is 22.1. The SMILES string of the molecule is O=C(c1csc2c(=O)[nH]c(-c3ccccn3)nc12)N1CCNC(Cc2ccc(F)cc2)C1. The Bertz CT molecular complexity index is 1320. The number of H-pyrrole nitrogens is 1. The van der Waals surface area contributed by atoms with Gasteiger partial charge in [0.2, 0.25) is 0 Å². The van der Waals surface area contributed by atoms with E-state index in [1.54, 1.807) is 40.7 Å². The Morgan fingerprint density at radius 3 is 2.84 bits per heavy atom. The Balaban J connectivity index is 1.41. The lowest BCUT2D eigenvalue weighted by atomic mass is 10.0. The van der Waals surface area contributed by atoms with Crippen molar-refractivity contribution in [2.75, 3.05) is 19.6 Å². The Morgan fingerprint density at radius 1 is 1.22 bits per heavy atom. The van der Waals surface area contributed by atoms with Crippen molar-refractivity contribution < 1.29 is 9.18 Å². The molecule has 3 aromatic heterocycles. The Hall–Kier alpha value is -3.43. The molecule has 0 radical (unpaired) electrons. The molecule has 2 N–H and O–H groups in total. The highest BCUT2D eigenvalue weighted by atomic mass is 32.1. The van der Waals surface area contributed by atoms with Crippen LogP contribution in [0.4, 0.5) is 4.39 Å². The van der Waals surface area contributed by atoms with Gasteiger partial charge in [0.15, 0.2) is 5.82 Å². The molecule has 0 spiro atoms. The number of hydrogen-bond donors (Lipinski definition) is 2. The van der Waals surface area contributed by atoms with E-state index in [9.17, 15) is 14.0 Å². The fourth-order valence-corrected chi connectivity index (χ4v) is 4.80. The van der Waals surface area contributed by atoms with Crippen LogP contribution in [0.25, 0.3) is 21.7 Å². The summed E-state index contributed by atoms with van der Waals surface area (Å²) in [6.07, 6.45) is 2.32. The van der Waals surface area contributed by atoms with Gasteiger partial charge in [-0.25, -0.2) is 9.37 Å². The van der Waals surface area contributed by atoms with Crippen molar-refractivity contribution in [3.8, 4) is 11.5 Å². The summed E-state index contributed by atoms with van der Waals surface area (Å²) in [6, 6.07) is 11.8. The maximum absolute atomic E-state index is 13.4. The number of aromatic amines is 1. The molecule has 1 aliphatic rings. The van der Waals surface area contributed by atoms with Gasteiger partial charge in [-0.15, -0.1) is 11.3 Å². The molecule has 1 aromatic carbocycles. The van der Waals surface area contributed by atoms with E-state index in [1.165, 1.54) is 23.5 Å². The number of nitrogens with zero attached hydrogens (tertiary/aromatic N) is 3. The third-order valence-corrected chi connectivity index (χ3v) is 6.47. The number of thiophene rings is 1. The van der Waals surface area contributed by atoms with E-state index in [-0.39, 0.29) is 23.3 Å². The highest BCUT2D eigenvalue weighted by Gasteiger charge is 2.27. The van der Waals surface area contributed by atoms with Gasteiger partial charge in [0, 0.05) is 37.3 Å². The average Bonchev–Trinajstić information content (AvgIpc) is 3.25. The molecule has 0 bridgehead atoms. The molecular weight excluding hydrogens is 429 g/mol. The summed E-state index contributed by atoms with van der Waals surface area (Å²) in [5, 5.41) is 5.13. The highest BCUT2D eigenvalue weighted by Crippen LogP contribution is 2.25. The molecule has 0 saturated carbocycles. The van der Waals surface area contributed by atoms with Crippen LogP contribution in [0.15, 0.2) is 58.8 Å². The second kappa shape index (κ2) is 8.60. The smallest absolute Gasteiger partial charge is 0.269 e. The number of nitrogens with one attached hydrogen (secondary N) is 2. The molecule has 7 nitrogen and oxygen atoms in total. The third-order valence-electron chi connectivity index (χ3n) is 5.50. The van der Waals surface area contributed by atoms with Gasteiger partial charge < -0.3 is 15.2 Å². The number of pyridine rings is 1. The zero-order valence-electron chi connectivity index (χ0n) is 17.0. The number of rotatable bonds is 4. The number of piperazine rings is 1. The van der Waals surface area contributed by atoms with Crippen molar-refractivity contribution in [1.29, 1.82) is 0 Å². The quantitative estimate of drug-likeness (QED) is 0.500. The normalized spacial score (nSPS) is 16.4. The highest BCUT2D eigenvalue weighted by molar-refractivity contribution is 7.17. The number of halogens is 1. The first-order valence-electron chi connectivity index (χ1n) is 10.3. The summed E-state index contributed by atoms with van der Waals surface area (Å²) in [5.41, 5.74) is 2.09. The second-order valence-electron chi connectivity index (χ2n) is 7.69. The fraction of sp³-hybridized carbons (Fsp3) is 0.217. The molecule has 1 saturated heterocycles. The van der Waals surface area contributed by atoms with E-state index < -0.39 is 0 Å². The van der Waals surface area contributed by atoms with Gasteiger partial charge in [-0.1, -0.05) is 18.2 Å². The van der Waals surface area contributed by atoms with Crippen molar-refractivity contribution in [2.24, 2.45) is 0 Å². The van der Waals surface area contributed by atoms with Gasteiger partial charge in [-0.05, 0) is 36.2 Å². The summed E-state index contributed by atoms with van der Waals surface area (Å²) in [6.45, 7) is 1.74. The Labute approximate surface area is 187 Å². The van der Waals surface area contributed by atoms with Crippen LogP contribution >= 0.6 is 11.3 Å². The van der Waals surface area contributed by atoms with E-state index in [1.807, 2.05) is 6.07 Å². The number of carbonyl (C=O) groups is 1. The van der Waals surface area contributed by atoms with Gasteiger partial charge in [-0.3, -0.25) is 14.6 Å². The average molecular weight is 450 g/mol. The van der Waals surface area contributed by atoms with Gasteiger partial charge in [0.05, 0.1) is 5.56 Å². The first-order valence-corrected chi connectivity index (χ1v) is 11.2. The van der Waals surface area contributed by atoms with Gasteiger partial charge in [-0.2, -0.15) is 0 Å². The second-order valence-corrected chi connectivity index (χ2v) is 8.57. The fourth-order valence-electron chi connectivity index (χ4n) is 3.93. The van der Waals surface area contributed by atoms with Gasteiger partial charge in [0.1, 0.15) is 21.7 Å². The first kappa shape index (κ1) is 20.5. The molecule has 0 aliphatic carbocycles. The predicted molar refractivity (Wildman–Crippen MR) is 121 cm³/mol. The summed E-state index contributed by atoms with van der Waals surface area (Å²) in [4.78, 5) is 39.3. The topological polar surface area (TPSA) is 91.0 Å². The molecule has 1 fully saturated rings. The van der Waals surface area contributed by atoms with E-state index in [4.69, 9.17) is 0 Å². The molecular formula is C23H20FN5O2S. The minimum absolute atomic E-state index is 0.0588. The third kappa shape index (κ3) is 4.04. The zero-order valence-corrected chi connectivity index (χ0v) is 17.9. The van der Waals surface area contributed by atoms with Crippen LogP contribution in [0.1, 0.15) is 15.9 Å². The Kier molecular flexibility index (Phi) is 5.50. The van der Waals surface area contributed by atoms with Gasteiger partial charge >= 0.3 is 0 Å². The van der Waals surface area contributed by atoms with Crippen LogP contribution in [0.2, 0.25) is 0 Å². The van der Waals surface area contributed by atoms with Crippen LogP contribution in [0, 0.1) is 5.82 Å².